The number of anilines is 1. The third-order valence-corrected chi connectivity index (χ3v) is 4.54. The molecule has 0 aliphatic carbocycles. The number of rotatable bonds is 5. The Morgan fingerprint density at radius 1 is 1.15 bits per heavy atom. The standard InChI is InChI=1S/C20H20N4O3/c1-13-20(25)24(16-4-2-3-5-17(16)26-13)11-10-18-22-19(23-27-18)15-8-6-14(12-21)7-9-15/h2-9,13H,10-12,21H2,1H3. The Morgan fingerprint density at radius 2 is 1.93 bits per heavy atom. The Bertz CT molecular complexity index is 952. The number of ether oxygens (including phenoxy) is 1. The summed E-state index contributed by atoms with van der Waals surface area (Å²) in [5.74, 6) is 1.63. The lowest BCUT2D eigenvalue weighted by Crippen LogP contribution is -2.45. The predicted molar refractivity (Wildman–Crippen MR) is 100 cm³/mol. The minimum Gasteiger partial charge on any atom is -0.479 e. The average molecular weight is 364 g/mol. The van der Waals surface area contributed by atoms with Crippen molar-refractivity contribution in [3.05, 3.63) is 60.0 Å². The van der Waals surface area contributed by atoms with E-state index >= 15 is 0 Å². The van der Waals surface area contributed by atoms with Gasteiger partial charge in [-0.1, -0.05) is 41.6 Å². The highest BCUT2D eigenvalue weighted by molar-refractivity contribution is 5.99. The maximum absolute atomic E-state index is 12.5. The minimum atomic E-state index is -0.515. The van der Waals surface area contributed by atoms with E-state index in [1.165, 1.54) is 0 Å². The zero-order valence-corrected chi connectivity index (χ0v) is 15.0. The van der Waals surface area contributed by atoms with Gasteiger partial charge in [-0.2, -0.15) is 4.98 Å². The lowest BCUT2D eigenvalue weighted by molar-refractivity contribution is -0.125. The first kappa shape index (κ1) is 17.2. The third-order valence-electron chi connectivity index (χ3n) is 4.54. The van der Waals surface area contributed by atoms with Gasteiger partial charge < -0.3 is 19.9 Å². The number of nitrogens with zero attached hydrogens (tertiary/aromatic N) is 3. The van der Waals surface area contributed by atoms with E-state index in [0.717, 1.165) is 16.8 Å². The SMILES string of the molecule is CC1Oc2ccccc2N(CCc2nc(-c3ccc(CN)cc3)no2)C1=O. The molecule has 7 heteroatoms. The molecular formula is C20H20N4O3. The fourth-order valence-corrected chi connectivity index (χ4v) is 3.06. The number of carbonyl (C=O) groups excluding carboxylic acids is 1. The highest BCUT2D eigenvalue weighted by Crippen LogP contribution is 2.33. The number of nitrogens with two attached hydrogens (primary N) is 1. The molecule has 0 fully saturated rings. The molecule has 7 nitrogen and oxygen atoms in total. The second-order valence-corrected chi connectivity index (χ2v) is 6.38. The number of fused-ring (bicyclic) bond motifs is 1. The summed E-state index contributed by atoms with van der Waals surface area (Å²) in [6.07, 6.45) is -0.0556. The summed E-state index contributed by atoms with van der Waals surface area (Å²) >= 11 is 0. The van der Waals surface area contributed by atoms with E-state index in [1.807, 2.05) is 48.5 Å². The van der Waals surface area contributed by atoms with Gasteiger partial charge in [0.15, 0.2) is 6.10 Å². The van der Waals surface area contributed by atoms with Gasteiger partial charge in [0.1, 0.15) is 5.75 Å². The lowest BCUT2D eigenvalue weighted by atomic mass is 10.1. The number of amides is 1. The average Bonchev–Trinajstić information content (AvgIpc) is 3.17. The van der Waals surface area contributed by atoms with Gasteiger partial charge >= 0.3 is 0 Å². The van der Waals surface area contributed by atoms with Crippen LogP contribution in [0.3, 0.4) is 0 Å². The van der Waals surface area contributed by atoms with Crippen LogP contribution in [0.25, 0.3) is 11.4 Å². The van der Waals surface area contributed by atoms with E-state index in [9.17, 15) is 4.79 Å². The molecule has 4 rings (SSSR count). The van der Waals surface area contributed by atoms with Crippen LogP contribution in [0.2, 0.25) is 0 Å². The molecule has 0 bridgehead atoms. The van der Waals surface area contributed by atoms with E-state index < -0.39 is 6.10 Å². The van der Waals surface area contributed by atoms with E-state index in [2.05, 4.69) is 10.1 Å². The Hall–Kier alpha value is -3.19. The van der Waals surface area contributed by atoms with Crippen molar-refractivity contribution in [1.29, 1.82) is 0 Å². The molecule has 0 saturated carbocycles. The topological polar surface area (TPSA) is 94.5 Å². The number of hydrogen-bond acceptors (Lipinski definition) is 6. The molecule has 2 aromatic carbocycles. The summed E-state index contributed by atoms with van der Waals surface area (Å²) in [4.78, 5) is 18.7. The van der Waals surface area contributed by atoms with Crippen LogP contribution in [0.4, 0.5) is 5.69 Å². The molecule has 138 valence electrons. The third kappa shape index (κ3) is 3.41. The zero-order chi connectivity index (χ0) is 18.8. The van der Waals surface area contributed by atoms with Gasteiger partial charge in [0.25, 0.3) is 5.91 Å². The molecule has 1 unspecified atom stereocenters. The number of benzene rings is 2. The van der Waals surface area contributed by atoms with Gasteiger partial charge in [-0.3, -0.25) is 4.79 Å². The van der Waals surface area contributed by atoms with Gasteiger partial charge in [0.05, 0.1) is 5.69 Å². The smallest absolute Gasteiger partial charge is 0.267 e. The fourth-order valence-electron chi connectivity index (χ4n) is 3.06. The molecular weight excluding hydrogens is 344 g/mol. The van der Waals surface area contributed by atoms with E-state index in [1.54, 1.807) is 11.8 Å². The van der Waals surface area contributed by atoms with Crippen LogP contribution in [0.1, 0.15) is 18.4 Å². The van der Waals surface area contributed by atoms with Crippen LogP contribution in [-0.4, -0.2) is 28.7 Å². The molecule has 2 N–H and O–H groups in total. The lowest BCUT2D eigenvalue weighted by Gasteiger charge is -2.32. The van der Waals surface area contributed by atoms with Crippen LogP contribution >= 0.6 is 0 Å². The summed E-state index contributed by atoms with van der Waals surface area (Å²) in [5.41, 5.74) is 8.29. The van der Waals surface area contributed by atoms with Crippen molar-refractivity contribution in [3.8, 4) is 17.1 Å². The molecule has 1 aliphatic rings. The number of hydrogen-bond donors (Lipinski definition) is 1. The highest BCUT2D eigenvalue weighted by atomic mass is 16.5. The monoisotopic (exact) mass is 364 g/mol. The van der Waals surface area contributed by atoms with Gasteiger partial charge in [-0.15, -0.1) is 0 Å². The van der Waals surface area contributed by atoms with Gasteiger partial charge in [0.2, 0.25) is 11.7 Å². The molecule has 0 spiro atoms. The van der Waals surface area contributed by atoms with Crippen molar-refractivity contribution in [1.82, 2.24) is 10.1 Å². The highest BCUT2D eigenvalue weighted by Gasteiger charge is 2.31. The summed E-state index contributed by atoms with van der Waals surface area (Å²) < 4.78 is 11.0. The first-order valence-corrected chi connectivity index (χ1v) is 8.85. The normalized spacial score (nSPS) is 16.1. The van der Waals surface area contributed by atoms with Crippen LogP contribution in [-0.2, 0) is 17.8 Å². The van der Waals surface area contributed by atoms with E-state index in [-0.39, 0.29) is 5.91 Å². The van der Waals surface area contributed by atoms with Gasteiger partial charge in [-0.25, -0.2) is 0 Å². The summed E-state index contributed by atoms with van der Waals surface area (Å²) in [6, 6.07) is 15.2. The molecule has 0 saturated heterocycles. The number of para-hydroxylation sites is 2. The minimum absolute atomic E-state index is 0.0780. The molecule has 1 aromatic heterocycles. The van der Waals surface area contributed by atoms with E-state index in [4.69, 9.17) is 15.0 Å². The summed E-state index contributed by atoms with van der Waals surface area (Å²) in [7, 11) is 0. The Labute approximate surface area is 156 Å². The van der Waals surface area contributed by atoms with Crippen LogP contribution in [0.15, 0.2) is 53.1 Å². The maximum Gasteiger partial charge on any atom is 0.267 e. The Balaban J connectivity index is 1.49. The second kappa shape index (κ2) is 7.20. The molecule has 1 aliphatic heterocycles. The molecule has 3 aromatic rings. The molecule has 1 amide bonds. The van der Waals surface area contributed by atoms with Crippen molar-refractivity contribution in [3.63, 3.8) is 0 Å². The zero-order valence-electron chi connectivity index (χ0n) is 15.0. The fraction of sp³-hybridized carbons (Fsp3) is 0.250. The summed E-state index contributed by atoms with van der Waals surface area (Å²) in [5, 5.41) is 4.04. The Morgan fingerprint density at radius 3 is 2.70 bits per heavy atom. The van der Waals surface area contributed by atoms with Crippen LogP contribution in [0.5, 0.6) is 5.75 Å². The first-order chi connectivity index (χ1) is 13.2. The Kier molecular flexibility index (Phi) is 4.60. The van der Waals surface area contributed by atoms with Crippen molar-refractivity contribution in [2.24, 2.45) is 5.73 Å². The van der Waals surface area contributed by atoms with Crippen molar-refractivity contribution < 1.29 is 14.1 Å². The second-order valence-electron chi connectivity index (χ2n) is 6.38. The van der Waals surface area contributed by atoms with Gasteiger partial charge in [0, 0.05) is 25.1 Å². The maximum atomic E-state index is 12.5. The molecule has 0 radical (unpaired) electrons. The van der Waals surface area contributed by atoms with Crippen LogP contribution < -0.4 is 15.4 Å². The molecule has 1 atom stereocenters. The van der Waals surface area contributed by atoms with Crippen LogP contribution in [0, 0.1) is 0 Å². The molecule has 2 heterocycles. The van der Waals surface area contributed by atoms with Crippen molar-refractivity contribution in [2.45, 2.75) is 26.0 Å². The largest absolute Gasteiger partial charge is 0.479 e. The number of aromatic nitrogens is 2. The number of carbonyl (C=O) groups is 1. The van der Waals surface area contributed by atoms with Gasteiger partial charge in [-0.05, 0) is 24.6 Å². The first-order valence-electron chi connectivity index (χ1n) is 8.85. The van der Waals surface area contributed by atoms with Crippen molar-refractivity contribution in [2.75, 3.05) is 11.4 Å². The molecule has 27 heavy (non-hydrogen) atoms. The quantitative estimate of drug-likeness (QED) is 0.748. The van der Waals surface area contributed by atoms with Crippen molar-refractivity contribution >= 4 is 11.6 Å². The van der Waals surface area contributed by atoms with E-state index in [0.29, 0.717) is 37.0 Å². The summed E-state index contributed by atoms with van der Waals surface area (Å²) in [6.45, 7) is 2.68. The predicted octanol–water partition coefficient (Wildman–Crippen LogP) is 2.55.